The van der Waals surface area contributed by atoms with Crippen LogP contribution in [0.5, 0.6) is 5.75 Å². The predicted octanol–water partition coefficient (Wildman–Crippen LogP) is 5.40. The van der Waals surface area contributed by atoms with Crippen LogP contribution < -0.4 is 4.74 Å². The molecule has 0 saturated heterocycles. The van der Waals surface area contributed by atoms with Gasteiger partial charge in [0.15, 0.2) is 0 Å². The summed E-state index contributed by atoms with van der Waals surface area (Å²) in [6.45, 7) is 4.12. The second kappa shape index (κ2) is 11.3. The number of hydrogen-bond donors (Lipinski definition) is 1. The molecule has 1 aliphatic rings. The maximum atomic E-state index is 13.4. The number of ether oxygens (including phenoxy) is 2. The van der Waals surface area contributed by atoms with Crippen molar-refractivity contribution in [2.24, 2.45) is 0 Å². The number of amides is 1. The van der Waals surface area contributed by atoms with Crippen LogP contribution in [-0.2, 0) is 21.7 Å². The van der Waals surface area contributed by atoms with E-state index in [2.05, 4.69) is 0 Å². The Morgan fingerprint density at radius 1 is 1.09 bits per heavy atom. The molecule has 0 bridgehead atoms. The molecule has 0 unspecified atom stereocenters. The van der Waals surface area contributed by atoms with Crippen LogP contribution in [0.1, 0.15) is 75.2 Å². The predicted molar refractivity (Wildman–Crippen MR) is 127 cm³/mol. The third-order valence-corrected chi connectivity index (χ3v) is 6.13. The number of carbonyl (C=O) groups excluding carboxylic acids is 1. The van der Waals surface area contributed by atoms with Gasteiger partial charge in [-0.05, 0) is 69.7 Å². The SMILES string of the molecule is [2H]C(C)(C)N(Cc1ccccc1OCCCCCC(=O)O)C(=O)c1ccc(C2(OC)CC2)cc1. The molecule has 3 rings (SSSR count). The Balaban J connectivity index is 1.68. The van der Waals surface area contributed by atoms with Crippen molar-refractivity contribution in [2.75, 3.05) is 13.7 Å². The van der Waals surface area contributed by atoms with Crippen molar-refractivity contribution in [3.05, 3.63) is 65.2 Å². The van der Waals surface area contributed by atoms with Crippen molar-refractivity contribution >= 4 is 11.9 Å². The number of methoxy groups -OCH3 is 1. The van der Waals surface area contributed by atoms with E-state index in [1.807, 2.05) is 48.5 Å². The van der Waals surface area contributed by atoms with Crippen LogP contribution in [0.25, 0.3) is 0 Å². The first-order valence-electron chi connectivity index (χ1n) is 12.1. The first-order valence-corrected chi connectivity index (χ1v) is 11.6. The fourth-order valence-electron chi connectivity index (χ4n) is 3.91. The van der Waals surface area contributed by atoms with Gasteiger partial charge in [-0.15, -0.1) is 0 Å². The van der Waals surface area contributed by atoms with Gasteiger partial charge in [-0.2, -0.15) is 0 Å². The third kappa shape index (κ3) is 6.57. The Hall–Kier alpha value is -2.86. The minimum Gasteiger partial charge on any atom is -0.493 e. The van der Waals surface area contributed by atoms with Crippen molar-refractivity contribution < 1.29 is 25.5 Å². The number of carboxylic acids is 1. The van der Waals surface area contributed by atoms with Crippen LogP contribution >= 0.6 is 0 Å². The summed E-state index contributed by atoms with van der Waals surface area (Å²) < 4.78 is 20.2. The lowest BCUT2D eigenvalue weighted by Crippen LogP contribution is -2.36. The maximum Gasteiger partial charge on any atom is 0.303 e. The normalized spacial score (nSPS) is 14.9. The first kappa shape index (κ1) is 23.3. The Kier molecular flexibility index (Phi) is 8.00. The van der Waals surface area contributed by atoms with Gasteiger partial charge in [-0.1, -0.05) is 30.3 Å². The molecule has 6 nitrogen and oxygen atoms in total. The van der Waals surface area contributed by atoms with Gasteiger partial charge in [0.2, 0.25) is 0 Å². The minimum absolute atomic E-state index is 0.166. The largest absolute Gasteiger partial charge is 0.493 e. The molecule has 0 aromatic heterocycles. The molecule has 6 heteroatoms. The lowest BCUT2D eigenvalue weighted by molar-refractivity contribution is -0.137. The Morgan fingerprint density at radius 3 is 2.39 bits per heavy atom. The summed E-state index contributed by atoms with van der Waals surface area (Å²) in [6, 6.07) is 13.9. The highest BCUT2D eigenvalue weighted by Gasteiger charge is 2.44. The number of unbranched alkanes of at least 4 members (excludes halogenated alkanes) is 2. The molecule has 1 saturated carbocycles. The fraction of sp³-hybridized carbons (Fsp3) is 0.481. The number of nitrogens with zero attached hydrogens (tertiary/aromatic N) is 1. The van der Waals surface area contributed by atoms with Gasteiger partial charge in [-0.25, -0.2) is 0 Å². The summed E-state index contributed by atoms with van der Waals surface area (Å²) in [5.41, 5.74) is 2.23. The minimum atomic E-state index is -1.13. The zero-order valence-corrected chi connectivity index (χ0v) is 19.8. The monoisotopic (exact) mass is 454 g/mol. The summed E-state index contributed by atoms with van der Waals surface area (Å²) in [5.74, 6) is -0.319. The third-order valence-electron chi connectivity index (χ3n) is 6.13. The number of para-hydroxylation sites is 1. The van der Waals surface area contributed by atoms with E-state index in [4.69, 9.17) is 16.0 Å². The smallest absolute Gasteiger partial charge is 0.303 e. The molecular formula is C27H35NO5. The van der Waals surface area contributed by atoms with Gasteiger partial charge in [0.25, 0.3) is 5.91 Å². The standard InChI is InChI=1S/C27H35NO5/c1-20(2)28(26(31)21-12-14-23(15-13-21)27(32-3)16-17-27)19-22-9-6-7-10-24(22)33-18-8-4-5-11-25(29)30/h6-7,9-10,12-15,20H,4-5,8,11,16-19H2,1-3H3,(H,29,30)/i20D. The van der Waals surface area contributed by atoms with Crippen molar-refractivity contribution in [3.8, 4) is 5.75 Å². The summed E-state index contributed by atoms with van der Waals surface area (Å²) >= 11 is 0. The number of carbonyl (C=O) groups is 2. The Labute approximate surface area is 197 Å². The molecule has 0 radical (unpaired) electrons. The van der Waals surface area contributed by atoms with E-state index in [0.717, 1.165) is 36.8 Å². The Bertz CT molecular complexity index is 979. The van der Waals surface area contributed by atoms with E-state index in [1.54, 1.807) is 25.9 Å². The molecule has 0 spiro atoms. The zero-order chi connectivity index (χ0) is 24.8. The molecular weight excluding hydrogens is 418 g/mol. The fourth-order valence-corrected chi connectivity index (χ4v) is 3.91. The topological polar surface area (TPSA) is 76.1 Å². The highest BCUT2D eigenvalue weighted by Crippen LogP contribution is 2.48. The van der Waals surface area contributed by atoms with Gasteiger partial charge in [0.1, 0.15) is 5.75 Å². The van der Waals surface area contributed by atoms with Gasteiger partial charge >= 0.3 is 5.97 Å². The molecule has 1 amide bonds. The highest BCUT2D eigenvalue weighted by molar-refractivity contribution is 5.94. The molecule has 1 fully saturated rings. The van der Waals surface area contributed by atoms with Crippen molar-refractivity contribution in [1.82, 2.24) is 4.90 Å². The molecule has 178 valence electrons. The molecule has 1 N–H and O–H groups in total. The average Bonchev–Trinajstić information content (AvgIpc) is 3.60. The molecule has 33 heavy (non-hydrogen) atoms. The number of benzene rings is 2. The van der Waals surface area contributed by atoms with Gasteiger partial charge < -0.3 is 19.5 Å². The van der Waals surface area contributed by atoms with Gasteiger partial charge in [0.05, 0.1) is 13.6 Å². The van der Waals surface area contributed by atoms with E-state index in [9.17, 15) is 9.59 Å². The van der Waals surface area contributed by atoms with Crippen LogP contribution in [0, 0.1) is 0 Å². The van der Waals surface area contributed by atoms with E-state index in [1.165, 1.54) is 0 Å². The van der Waals surface area contributed by atoms with Crippen LogP contribution in [0.15, 0.2) is 48.5 Å². The molecule has 2 aromatic rings. The highest BCUT2D eigenvalue weighted by atomic mass is 16.5. The van der Waals surface area contributed by atoms with Crippen molar-refractivity contribution in [1.29, 1.82) is 0 Å². The van der Waals surface area contributed by atoms with Gasteiger partial charge in [-0.3, -0.25) is 9.59 Å². The van der Waals surface area contributed by atoms with Crippen LogP contribution in [0.4, 0.5) is 0 Å². The quantitative estimate of drug-likeness (QED) is 0.410. The van der Waals surface area contributed by atoms with E-state index in [0.29, 0.717) is 24.3 Å². The summed E-state index contributed by atoms with van der Waals surface area (Å²) in [4.78, 5) is 25.6. The second-order valence-corrected chi connectivity index (χ2v) is 8.77. The average molecular weight is 455 g/mol. The maximum absolute atomic E-state index is 13.4. The molecule has 0 heterocycles. The molecule has 2 aromatic carbocycles. The summed E-state index contributed by atoms with van der Waals surface area (Å²) in [7, 11) is 1.71. The van der Waals surface area contributed by atoms with Crippen LogP contribution in [0.3, 0.4) is 0 Å². The second-order valence-electron chi connectivity index (χ2n) is 8.77. The van der Waals surface area contributed by atoms with Crippen molar-refractivity contribution in [2.45, 2.75) is 70.5 Å². The molecule has 0 atom stereocenters. The number of rotatable bonds is 13. The van der Waals surface area contributed by atoms with Crippen LogP contribution in [0.2, 0.25) is 0 Å². The lowest BCUT2D eigenvalue weighted by atomic mass is 10.0. The molecule has 0 aliphatic heterocycles. The Morgan fingerprint density at radius 2 is 1.79 bits per heavy atom. The van der Waals surface area contributed by atoms with E-state index >= 15 is 0 Å². The van der Waals surface area contributed by atoms with E-state index < -0.39 is 12.0 Å². The number of hydrogen-bond acceptors (Lipinski definition) is 4. The zero-order valence-electron chi connectivity index (χ0n) is 20.8. The van der Waals surface area contributed by atoms with Crippen molar-refractivity contribution in [3.63, 3.8) is 0 Å². The van der Waals surface area contributed by atoms with Crippen LogP contribution in [-0.4, -0.2) is 41.6 Å². The molecule has 1 aliphatic carbocycles. The lowest BCUT2D eigenvalue weighted by Gasteiger charge is -2.28. The van der Waals surface area contributed by atoms with E-state index in [-0.39, 0.29) is 24.5 Å². The van der Waals surface area contributed by atoms with Gasteiger partial charge in [0, 0.05) is 37.2 Å². The number of carboxylic acid groups (broad SMARTS) is 1. The summed E-state index contributed by atoms with van der Waals surface area (Å²) in [6.07, 6.45) is 4.29. The number of aliphatic carboxylic acids is 1. The first-order chi connectivity index (χ1) is 16.2. The summed E-state index contributed by atoms with van der Waals surface area (Å²) in [5, 5.41) is 8.74.